The number of nitrogens with zero attached hydrogens (tertiary/aromatic N) is 11. The average molecular weight is 660 g/mol. The van der Waals surface area contributed by atoms with Crippen molar-refractivity contribution in [2.24, 2.45) is 0 Å². The van der Waals surface area contributed by atoms with Crippen LogP contribution in [0.1, 0.15) is 136 Å². The predicted molar refractivity (Wildman–Crippen MR) is 187 cm³/mol. The van der Waals surface area contributed by atoms with Crippen molar-refractivity contribution in [2.45, 2.75) is 119 Å². The molecule has 0 saturated carbocycles. The Morgan fingerprint density at radius 2 is 1.02 bits per heavy atom. The highest BCUT2D eigenvalue weighted by atomic mass is 16.1. The zero-order chi connectivity index (χ0) is 35.6. The van der Waals surface area contributed by atoms with E-state index < -0.39 is 0 Å². The van der Waals surface area contributed by atoms with Crippen LogP contribution in [0.4, 0.5) is 0 Å². The average Bonchev–Trinajstić information content (AvgIpc) is 3.75. The van der Waals surface area contributed by atoms with Crippen LogP contribution in [0.25, 0.3) is 16.7 Å². The van der Waals surface area contributed by atoms with Gasteiger partial charge in [-0.3, -0.25) is 28.1 Å². The molecular formula is C34H49N11O3. The van der Waals surface area contributed by atoms with Crippen LogP contribution < -0.4 is 16.7 Å². The van der Waals surface area contributed by atoms with E-state index in [0.717, 1.165) is 17.0 Å². The van der Waals surface area contributed by atoms with Gasteiger partial charge in [-0.15, -0.1) is 9.73 Å². The molecule has 0 radical (unpaired) electrons. The van der Waals surface area contributed by atoms with Crippen LogP contribution >= 0.6 is 0 Å². The third-order valence-electron chi connectivity index (χ3n) is 7.98. The lowest BCUT2D eigenvalue weighted by Gasteiger charge is -2.08. The van der Waals surface area contributed by atoms with Gasteiger partial charge in [-0.1, -0.05) is 41.5 Å². The second-order valence-corrected chi connectivity index (χ2v) is 13.8. The number of fused-ring (bicyclic) bond motifs is 3. The number of aromatic nitrogens is 11. The zero-order valence-corrected chi connectivity index (χ0v) is 30.1. The van der Waals surface area contributed by atoms with Gasteiger partial charge in [0, 0.05) is 24.3 Å². The van der Waals surface area contributed by atoms with E-state index in [-0.39, 0.29) is 34.8 Å². The minimum atomic E-state index is -0.0862. The Morgan fingerprint density at radius 1 is 0.521 bits per heavy atom. The van der Waals surface area contributed by atoms with Crippen LogP contribution in [0.5, 0.6) is 0 Å². The molecule has 6 heterocycles. The Labute approximate surface area is 279 Å². The van der Waals surface area contributed by atoms with Crippen molar-refractivity contribution >= 4 is 16.7 Å². The molecular weight excluding hydrogens is 610 g/mol. The van der Waals surface area contributed by atoms with E-state index in [0.29, 0.717) is 34.4 Å². The van der Waals surface area contributed by atoms with Gasteiger partial charge in [0.25, 0.3) is 16.7 Å². The maximum atomic E-state index is 12.1. The van der Waals surface area contributed by atoms with Gasteiger partial charge in [0.2, 0.25) is 5.65 Å². The molecule has 0 aliphatic carbocycles. The molecule has 14 heteroatoms. The van der Waals surface area contributed by atoms with E-state index in [1.165, 1.54) is 11.0 Å². The van der Waals surface area contributed by atoms with Gasteiger partial charge in [-0.25, -0.2) is 14.0 Å². The summed E-state index contributed by atoms with van der Waals surface area (Å²) in [6.07, 6.45) is 8.44. The fourth-order valence-electron chi connectivity index (χ4n) is 4.82. The van der Waals surface area contributed by atoms with Gasteiger partial charge in [0.15, 0.2) is 5.52 Å². The summed E-state index contributed by atoms with van der Waals surface area (Å²) in [5.74, 6) is 1.01. The SMILES string of the molecule is CC(C)c1cc2c(=O)n(C(C)C)cnn2c1.CC(C)c1cc2c(=O)n(C(C)C)cnn2n1.CC(C)c1cn2ncn(C(C)C)c(=O)c2n1. The van der Waals surface area contributed by atoms with Gasteiger partial charge >= 0.3 is 0 Å². The highest BCUT2D eigenvalue weighted by Crippen LogP contribution is 2.16. The first-order chi connectivity index (χ1) is 22.5. The molecule has 0 unspecified atom stereocenters. The van der Waals surface area contributed by atoms with E-state index in [2.05, 4.69) is 39.2 Å². The molecule has 0 saturated heterocycles. The largest absolute Gasteiger partial charge is 0.297 e. The Morgan fingerprint density at radius 3 is 1.54 bits per heavy atom. The molecule has 0 aliphatic rings. The minimum absolute atomic E-state index is 0.0249. The molecule has 0 bridgehead atoms. The second-order valence-electron chi connectivity index (χ2n) is 13.8. The Kier molecular flexibility index (Phi) is 10.9. The lowest BCUT2D eigenvalue weighted by molar-refractivity contribution is 0.550. The molecule has 14 nitrogen and oxygen atoms in total. The Balaban J connectivity index is 0.000000163. The van der Waals surface area contributed by atoms with E-state index in [1.54, 1.807) is 35.4 Å². The van der Waals surface area contributed by atoms with Crippen molar-refractivity contribution in [3.05, 3.63) is 91.5 Å². The number of hydrogen-bond donors (Lipinski definition) is 0. The lowest BCUT2D eigenvalue weighted by Crippen LogP contribution is -2.24. The zero-order valence-electron chi connectivity index (χ0n) is 30.1. The third kappa shape index (κ3) is 7.47. The van der Waals surface area contributed by atoms with Crippen LogP contribution in [0.2, 0.25) is 0 Å². The summed E-state index contributed by atoms with van der Waals surface area (Å²) in [5.41, 5.74) is 4.43. The first-order valence-corrected chi connectivity index (χ1v) is 16.5. The molecule has 0 N–H and O–H groups in total. The Hall–Kier alpha value is -4.88. The van der Waals surface area contributed by atoms with E-state index in [1.807, 2.05) is 93.8 Å². The molecule has 0 aromatic carbocycles. The van der Waals surface area contributed by atoms with Crippen LogP contribution in [-0.4, -0.2) is 52.7 Å². The summed E-state index contributed by atoms with van der Waals surface area (Å²) in [6, 6.07) is 4.10. The quantitative estimate of drug-likeness (QED) is 0.232. The minimum Gasteiger partial charge on any atom is -0.293 e. The van der Waals surface area contributed by atoms with Crippen LogP contribution in [-0.2, 0) is 0 Å². The van der Waals surface area contributed by atoms with Crippen LogP contribution in [0.15, 0.2) is 57.9 Å². The number of imidazole rings is 1. The molecule has 0 fully saturated rings. The van der Waals surface area contributed by atoms with Crippen molar-refractivity contribution in [2.75, 3.05) is 0 Å². The first-order valence-electron chi connectivity index (χ1n) is 16.5. The summed E-state index contributed by atoms with van der Waals surface area (Å²) in [5, 5.41) is 16.8. The molecule has 0 amide bonds. The standard InChI is InChI=1S/C12H17N3O.2C11H16N4O/c1-8(2)10-5-11-12(16)14(9(3)4)7-13-15(11)6-10;1-7(2)9-5-15-10(13-9)11(16)14(6-12-15)8(3)4;1-7(2)9-5-10-11(16)14(8(3)4)6-12-15(10)13-9/h5-9H,1-4H3;2*5-8H,1-4H3. The first kappa shape index (κ1) is 36.0. The third-order valence-corrected chi connectivity index (χ3v) is 7.98. The van der Waals surface area contributed by atoms with Crippen molar-refractivity contribution < 1.29 is 0 Å². The molecule has 258 valence electrons. The lowest BCUT2D eigenvalue weighted by atomic mass is 10.1. The summed E-state index contributed by atoms with van der Waals surface area (Å²) in [6.45, 7) is 24.2. The molecule has 6 aromatic heterocycles. The van der Waals surface area contributed by atoms with Gasteiger partial charge in [-0.2, -0.15) is 15.3 Å². The number of rotatable bonds is 6. The maximum Gasteiger partial charge on any atom is 0.297 e. The second kappa shape index (κ2) is 14.5. The predicted octanol–water partition coefficient (Wildman–Crippen LogP) is 5.39. The fourth-order valence-corrected chi connectivity index (χ4v) is 4.82. The van der Waals surface area contributed by atoms with Gasteiger partial charge in [-0.05, 0) is 77.0 Å². The number of hydrogen-bond acceptors (Lipinski definition) is 8. The van der Waals surface area contributed by atoms with Crippen LogP contribution in [0.3, 0.4) is 0 Å². The highest BCUT2D eigenvalue weighted by Gasteiger charge is 2.14. The molecule has 6 rings (SSSR count). The molecule has 0 aliphatic heterocycles. The molecule has 48 heavy (non-hydrogen) atoms. The molecule has 0 spiro atoms. The van der Waals surface area contributed by atoms with Gasteiger partial charge in [0.05, 0.1) is 17.6 Å². The normalized spacial score (nSPS) is 11.9. The van der Waals surface area contributed by atoms with Gasteiger partial charge in [0.1, 0.15) is 24.5 Å². The van der Waals surface area contributed by atoms with Crippen LogP contribution in [0, 0.1) is 0 Å². The fraction of sp³-hybridized carbons (Fsp3) is 0.529. The van der Waals surface area contributed by atoms with E-state index in [9.17, 15) is 14.4 Å². The highest BCUT2D eigenvalue weighted by molar-refractivity contribution is 5.48. The molecule has 0 atom stereocenters. The van der Waals surface area contributed by atoms with E-state index in [4.69, 9.17) is 0 Å². The summed E-state index contributed by atoms with van der Waals surface area (Å²) in [7, 11) is 0. The molecule has 6 aromatic rings. The Bertz CT molecular complexity index is 1940. The van der Waals surface area contributed by atoms with Crippen molar-refractivity contribution in [3.8, 4) is 0 Å². The summed E-state index contributed by atoms with van der Waals surface area (Å²) < 4.78 is 9.48. The summed E-state index contributed by atoms with van der Waals surface area (Å²) >= 11 is 0. The van der Waals surface area contributed by atoms with Crippen molar-refractivity contribution in [1.82, 2.24) is 52.7 Å². The van der Waals surface area contributed by atoms with Crippen molar-refractivity contribution in [3.63, 3.8) is 0 Å². The van der Waals surface area contributed by atoms with E-state index >= 15 is 0 Å². The summed E-state index contributed by atoms with van der Waals surface area (Å²) in [4.78, 5) is 40.5. The topological polar surface area (TPSA) is 144 Å². The maximum absolute atomic E-state index is 12.1. The van der Waals surface area contributed by atoms with Crippen molar-refractivity contribution in [1.29, 1.82) is 0 Å². The monoisotopic (exact) mass is 659 g/mol. The van der Waals surface area contributed by atoms with Gasteiger partial charge < -0.3 is 0 Å². The smallest absolute Gasteiger partial charge is 0.293 e.